The lowest BCUT2D eigenvalue weighted by Gasteiger charge is -2.07. The molecule has 1 heterocycles. The fourth-order valence-corrected chi connectivity index (χ4v) is 3.17. The summed E-state index contributed by atoms with van der Waals surface area (Å²) in [5, 5.41) is 0. The molecule has 108 valence electrons. The second-order valence-corrected chi connectivity index (χ2v) is 7.64. The predicted molar refractivity (Wildman–Crippen MR) is 86.3 cm³/mol. The molecule has 2 N–H and O–H groups in total. The van der Waals surface area contributed by atoms with Crippen molar-refractivity contribution in [3.63, 3.8) is 0 Å². The van der Waals surface area contributed by atoms with Crippen molar-refractivity contribution < 1.29 is 8.42 Å². The number of sulfone groups is 1. The summed E-state index contributed by atoms with van der Waals surface area (Å²) in [7, 11) is -3.21. The molecule has 0 saturated heterocycles. The summed E-state index contributed by atoms with van der Waals surface area (Å²) in [5.74, 6) is 0.357. The van der Waals surface area contributed by atoms with Crippen LogP contribution in [0.25, 0.3) is 16.7 Å². The first-order chi connectivity index (χ1) is 9.86. The van der Waals surface area contributed by atoms with Gasteiger partial charge in [0.15, 0.2) is 9.84 Å². The van der Waals surface area contributed by atoms with Crippen molar-refractivity contribution in [2.24, 2.45) is 0 Å². The summed E-state index contributed by atoms with van der Waals surface area (Å²) >= 11 is 3.40. The summed E-state index contributed by atoms with van der Waals surface area (Å²) in [4.78, 5) is 4.59. The van der Waals surface area contributed by atoms with E-state index in [1.165, 1.54) is 6.26 Å². The van der Waals surface area contributed by atoms with Crippen LogP contribution in [0.15, 0.2) is 51.8 Å². The smallest absolute Gasteiger partial charge is 0.205 e. The molecule has 1 aromatic heterocycles. The molecule has 0 aliphatic rings. The summed E-state index contributed by atoms with van der Waals surface area (Å²) in [6, 6.07) is 12.3. The molecular weight excluding hydrogens is 354 g/mol. The topological polar surface area (TPSA) is 78.0 Å². The number of fused-ring (bicyclic) bond motifs is 1. The minimum absolute atomic E-state index is 0.275. The maximum Gasteiger partial charge on any atom is 0.205 e. The minimum Gasteiger partial charge on any atom is -0.369 e. The van der Waals surface area contributed by atoms with Gasteiger partial charge in [0.05, 0.1) is 15.9 Å². The zero-order valence-electron chi connectivity index (χ0n) is 11.1. The fraction of sp³-hybridized carbons (Fsp3) is 0.0714. The predicted octanol–water partition coefficient (Wildman–Crippen LogP) is 2.77. The van der Waals surface area contributed by atoms with Gasteiger partial charge in [-0.25, -0.2) is 13.4 Å². The third-order valence-corrected chi connectivity index (χ3v) is 4.79. The normalized spacial score (nSPS) is 11.9. The van der Waals surface area contributed by atoms with E-state index in [1.54, 1.807) is 28.8 Å². The SMILES string of the molecule is CS(=O)(=O)c1ccc(-n2c(N)nc3cc(Br)ccc32)cc1. The van der Waals surface area contributed by atoms with E-state index in [-0.39, 0.29) is 4.90 Å². The Labute approximate surface area is 130 Å². The molecule has 0 aliphatic heterocycles. The number of benzene rings is 2. The fourth-order valence-electron chi connectivity index (χ4n) is 2.19. The quantitative estimate of drug-likeness (QED) is 0.757. The number of hydrogen-bond acceptors (Lipinski definition) is 4. The van der Waals surface area contributed by atoms with Crippen LogP contribution in [-0.4, -0.2) is 24.2 Å². The van der Waals surface area contributed by atoms with E-state index < -0.39 is 9.84 Å². The Morgan fingerprint density at radius 3 is 2.43 bits per heavy atom. The molecule has 0 unspecified atom stereocenters. The molecule has 2 aromatic carbocycles. The van der Waals surface area contributed by atoms with Crippen molar-refractivity contribution in [1.29, 1.82) is 0 Å². The molecule has 3 rings (SSSR count). The lowest BCUT2D eigenvalue weighted by atomic mass is 10.3. The van der Waals surface area contributed by atoms with Crippen LogP contribution >= 0.6 is 15.9 Å². The molecular formula is C14H12BrN3O2S. The molecule has 0 saturated carbocycles. The highest BCUT2D eigenvalue weighted by atomic mass is 79.9. The second kappa shape index (κ2) is 4.85. The highest BCUT2D eigenvalue weighted by Crippen LogP contribution is 2.26. The number of nitrogens with zero attached hydrogens (tertiary/aromatic N) is 2. The van der Waals surface area contributed by atoms with Gasteiger partial charge in [0, 0.05) is 16.4 Å². The zero-order valence-corrected chi connectivity index (χ0v) is 13.5. The van der Waals surface area contributed by atoms with Gasteiger partial charge in [0.1, 0.15) is 0 Å². The first-order valence-electron chi connectivity index (χ1n) is 6.10. The number of imidazole rings is 1. The van der Waals surface area contributed by atoms with Crippen molar-refractivity contribution >= 4 is 42.7 Å². The van der Waals surface area contributed by atoms with Crippen LogP contribution in [0.4, 0.5) is 5.95 Å². The minimum atomic E-state index is -3.21. The van der Waals surface area contributed by atoms with Gasteiger partial charge >= 0.3 is 0 Å². The number of rotatable bonds is 2. The number of nitrogen functional groups attached to an aromatic ring is 1. The Balaban J connectivity index is 2.19. The number of aromatic nitrogens is 2. The van der Waals surface area contributed by atoms with E-state index in [2.05, 4.69) is 20.9 Å². The summed E-state index contributed by atoms with van der Waals surface area (Å²) < 4.78 is 25.7. The molecule has 21 heavy (non-hydrogen) atoms. The van der Waals surface area contributed by atoms with Gasteiger partial charge in [-0.2, -0.15) is 0 Å². The van der Waals surface area contributed by atoms with Gasteiger partial charge in [-0.1, -0.05) is 15.9 Å². The molecule has 0 radical (unpaired) electrons. The van der Waals surface area contributed by atoms with Crippen LogP contribution in [0.5, 0.6) is 0 Å². The average molecular weight is 366 g/mol. The van der Waals surface area contributed by atoms with Gasteiger partial charge in [-0.05, 0) is 42.5 Å². The summed E-state index contributed by atoms with van der Waals surface area (Å²) in [5.41, 5.74) is 8.38. The highest BCUT2D eigenvalue weighted by molar-refractivity contribution is 9.10. The van der Waals surface area contributed by atoms with Gasteiger partial charge in [-0.15, -0.1) is 0 Å². The molecule has 0 bridgehead atoms. The Morgan fingerprint density at radius 1 is 1.14 bits per heavy atom. The van der Waals surface area contributed by atoms with E-state index in [9.17, 15) is 8.42 Å². The van der Waals surface area contributed by atoms with Gasteiger partial charge < -0.3 is 5.73 Å². The maximum atomic E-state index is 11.5. The van der Waals surface area contributed by atoms with Gasteiger partial charge in [-0.3, -0.25) is 4.57 Å². The Kier molecular flexibility index (Phi) is 3.26. The lowest BCUT2D eigenvalue weighted by molar-refractivity contribution is 0.602. The monoisotopic (exact) mass is 365 g/mol. The molecule has 5 nitrogen and oxygen atoms in total. The summed E-state index contributed by atoms with van der Waals surface area (Å²) in [6.45, 7) is 0. The van der Waals surface area contributed by atoms with Crippen molar-refractivity contribution in [2.45, 2.75) is 4.90 Å². The van der Waals surface area contributed by atoms with Crippen molar-refractivity contribution in [3.05, 3.63) is 46.9 Å². The van der Waals surface area contributed by atoms with E-state index in [4.69, 9.17) is 5.73 Å². The summed E-state index contributed by atoms with van der Waals surface area (Å²) in [6.07, 6.45) is 1.18. The van der Waals surface area contributed by atoms with Crippen LogP contribution in [0, 0.1) is 0 Å². The van der Waals surface area contributed by atoms with Crippen molar-refractivity contribution in [2.75, 3.05) is 12.0 Å². The first-order valence-corrected chi connectivity index (χ1v) is 8.79. The molecule has 3 aromatic rings. The largest absolute Gasteiger partial charge is 0.369 e. The van der Waals surface area contributed by atoms with Crippen LogP contribution in [-0.2, 0) is 9.84 Å². The molecule has 0 spiro atoms. The van der Waals surface area contributed by atoms with Crippen LogP contribution in [0.2, 0.25) is 0 Å². The molecule has 0 atom stereocenters. The van der Waals surface area contributed by atoms with Gasteiger partial charge in [0.25, 0.3) is 0 Å². The average Bonchev–Trinajstić information content (AvgIpc) is 2.73. The van der Waals surface area contributed by atoms with Gasteiger partial charge in [0.2, 0.25) is 5.95 Å². The third kappa shape index (κ3) is 2.54. The van der Waals surface area contributed by atoms with E-state index in [0.717, 1.165) is 21.2 Å². The van der Waals surface area contributed by atoms with E-state index in [0.29, 0.717) is 5.95 Å². The maximum absolute atomic E-state index is 11.5. The Bertz CT molecular complexity index is 931. The number of anilines is 1. The van der Waals surface area contributed by atoms with Crippen molar-refractivity contribution in [3.8, 4) is 5.69 Å². The zero-order chi connectivity index (χ0) is 15.2. The first kappa shape index (κ1) is 14.1. The van der Waals surface area contributed by atoms with Crippen LogP contribution in [0.1, 0.15) is 0 Å². The molecule has 7 heteroatoms. The highest BCUT2D eigenvalue weighted by Gasteiger charge is 2.12. The lowest BCUT2D eigenvalue weighted by Crippen LogP contribution is -2.02. The Morgan fingerprint density at radius 2 is 1.81 bits per heavy atom. The van der Waals surface area contributed by atoms with E-state index >= 15 is 0 Å². The number of nitrogens with two attached hydrogens (primary N) is 1. The molecule has 0 fully saturated rings. The van der Waals surface area contributed by atoms with E-state index in [1.807, 2.05) is 18.2 Å². The number of halogens is 1. The molecule has 0 amide bonds. The van der Waals surface area contributed by atoms with Crippen LogP contribution in [0.3, 0.4) is 0 Å². The molecule has 0 aliphatic carbocycles. The third-order valence-electron chi connectivity index (χ3n) is 3.17. The Hall–Kier alpha value is -1.86. The standard InChI is InChI=1S/C14H12BrN3O2S/c1-21(19,20)11-5-3-10(4-6-11)18-13-7-2-9(15)8-12(13)17-14(18)16/h2-8H,1H3,(H2,16,17). The van der Waals surface area contributed by atoms with Crippen LogP contribution < -0.4 is 5.73 Å². The number of hydrogen-bond donors (Lipinski definition) is 1. The second-order valence-electron chi connectivity index (χ2n) is 4.70. The van der Waals surface area contributed by atoms with Crippen molar-refractivity contribution in [1.82, 2.24) is 9.55 Å².